The Bertz CT molecular complexity index is 573. The number of hydrogen-bond donors (Lipinski definition) is 1. The van der Waals surface area contributed by atoms with Crippen LogP contribution in [0, 0.1) is 5.82 Å². The van der Waals surface area contributed by atoms with E-state index in [9.17, 15) is 4.39 Å². The van der Waals surface area contributed by atoms with E-state index in [-0.39, 0.29) is 5.82 Å². The lowest BCUT2D eigenvalue weighted by molar-refractivity contribution is 0.402. The van der Waals surface area contributed by atoms with Gasteiger partial charge >= 0.3 is 0 Å². The number of hydrogen-bond acceptors (Lipinski definition) is 3. The summed E-state index contributed by atoms with van der Waals surface area (Å²) in [4.78, 5) is 0. The van der Waals surface area contributed by atoms with Crippen LogP contribution in [-0.2, 0) is 0 Å². The Morgan fingerprint density at radius 2 is 2.11 bits per heavy atom. The predicted molar refractivity (Wildman–Crippen MR) is 78.7 cm³/mol. The van der Waals surface area contributed by atoms with Gasteiger partial charge in [0, 0.05) is 0 Å². The van der Waals surface area contributed by atoms with Crippen LogP contribution in [0.25, 0.3) is 0 Å². The van der Waals surface area contributed by atoms with Gasteiger partial charge in [0.15, 0.2) is 0 Å². The van der Waals surface area contributed by atoms with E-state index in [0.717, 1.165) is 13.1 Å². The van der Waals surface area contributed by atoms with Gasteiger partial charge in [-0.05, 0) is 55.6 Å². The van der Waals surface area contributed by atoms with Crippen LogP contribution in [-0.4, -0.2) is 7.11 Å². The fourth-order valence-electron chi connectivity index (χ4n) is 1.72. The summed E-state index contributed by atoms with van der Waals surface area (Å²) >= 11 is 8.32. The third-order valence-corrected chi connectivity index (χ3v) is 4.95. The molecule has 0 bridgehead atoms. The molecule has 0 aliphatic heterocycles. The van der Waals surface area contributed by atoms with E-state index >= 15 is 0 Å². The lowest BCUT2D eigenvalue weighted by Crippen LogP contribution is -2.14. The summed E-state index contributed by atoms with van der Waals surface area (Å²) in [6.45, 7) is 0. The largest absolute Gasteiger partial charge is 0.496 e. The fraction of sp³-hybridized carbons (Fsp3) is 0.167. The topological polar surface area (TPSA) is 35.2 Å². The molecule has 0 saturated heterocycles. The Hall–Kier alpha value is -0.430. The second-order valence-corrected chi connectivity index (χ2v) is 7.36. The van der Waals surface area contributed by atoms with Crippen LogP contribution in [0.5, 0.6) is 5.75 Å². The maximum atomic E-state index is 13.9. The van der Waals surface area contributed by atoms with Crippen molar-refractivity contribution in [2.45, 2.75) is 6.04 Å². The van der Waals surface area contributed by atoms with Crippen molar-refractivity contribution in [3.63, 3.8) is 0 Å². The molecule has 1 aromatic heterocycles. The summed E-state index contributed by atoms with van der Waals surface area (Å²) < 4.78 is 20.9. The maximum absolute atomic E-state index is 13.9. The van der Waals surface area contributed by atoms with Gasteiger partial charge in [-0.15, -0.1) is 11.3 Å². The van der Waals surface area contributed by atoms with Gasteiger partial charge in [0.25, 0.3) is 0 Å². The standard InChI is InChI=1S/C12H10Br2FNOS/c1-17-8-4-2-3-7(15)10(8)11(16)6-5-9(13)18-12(6)14/h2-5,11H,16H2,1H3. The Morgan fingerprint density at radius 1 is 1.39 bits per heavy atom. The highest BCUT2D eigenvalue weighted by Crippen LogP contribution is 2.39. The van der Waals surface area contributed by atoms with Crippen LogP contribution < -0.4 is 10.5 Å². The molecule has 1 atom stereocenters. The fourth-order valence-corrected chi connectivity index (χ4v) is 4.65. The van der Waals surface area contributed by atoms with E-state index in [1.165, 1.54) is 24.5 Å². The summed E-state index contributed by atoms with van der Waals surface area (Å²) in [5, 5.41) is 0. The zero-order valence-electron chi connectivity index (χ0n) is 9.41. The number of halogens is 3. The summed E-state index contributed by atoms with van der Waals surface area (Å²) in [6.07, 6.45) is 0. The molecule has 0 spiro atoms. The van der Waals surface area contributed by atoms with Crippen molar-refractivity contribution in [2.75, 3.05) is 7.11 Å². The van der Waals surface area contributed by atoms with Crippen LogP contribution in [0.4, 0.5) is 4.39 Å². The van der Waals surface area contributed by atoms with E-state index in [2.05, 4.69) is 31.9 Å². The van der Waals surface area contributed by atoms with Crippen molar-refractivity contribution in [2.24, 2.45) is 5.73 Å². The molecule has 0 amide bonds. The Morgan fingerprint density at radius 3 is 2.67 bits per heavy atom. The Kier molecular flexibility index (Phi) is 4.42. The normalized spacial score (nSPS) is 12.5. The highest BCUT2D eigenvalue weighted by atomic mass is 79.9. The molecule has 2 N–H and O–H groups in total. The van der Waals surface area contributed by atoms with Gasteiger partial charge < -0.3 is 10.5 Å². The zero-order chi connectivity index (χ0) is 13.3. The van der Waals surface area contributed by atoms with Crippen molar-refractivity contribution < 1.29 is 9.13 Å². The van der Waals surface area contributed by atoms with E-state index < -0.39 is 6.04 Å². The molecule has 1 aromatic carbocycles. The minimum Gasteiger partial charge on any atom is -0.496 e. The van der Waals surface area contributed by atoms with Gasteiger partial charge in [0.1, 0.15) is 11.6 Å². The second kappa shape index (κ2) is 5.69. The lowest BCUT2D eigenvalue weighted by atomic mass is 10.0. The first kappa shape index (κ1) is 14.0. The summed E-state index contributed by atoms with van der Waals surface area (Å²) in [5.74, 6) is 0.0906. The summed E-state index contributed by atoms with van der Waals surface area (Å²) in [7, 11) is 1.50. The molecule has 0 aliphatic rings. The molecule has 2 aromatic rings. The first-order valence-electron chi connectivity index (χ1n) is 5.07. The van der Waals surface area contributed by atoms with Gasteiger partial charge in [-0.2, -0.15) is 0 Å². The SMILES string of the molecule is COc1cccc(F)c1C(N)c1cc(Br)sc1Br. The molecule has 96 valence electrons. The van der Waals surface area contributed by atoms with Crippen molar-refractivity contribution in [3.8, 4) is 5.75 Å². The van der Waals surface area contributed by atoms with Gasteiger partial charge in [-0.25, -0.2) is 4.39 Å². The number of nitrogens with two attached hydrogens (primary N) is 1. The predicted octanol–water partition coefficient (Wildman–Crippen LogP) is 4.47. The van der Waals surface area contributed by atoms with Crippen LogP contribution >= 0.6 is 43.2 Å². The minimum atomic E-state index is -0.571. The summed E-state index contributed by atoms with van der Waals surface area (Å²) in [6, 6.07) is 5.99. The molecule has 0 saturated carbocycles. The first-order valence-corrected chi connectivity index (χ1v) is 7.47. The van der Waals surface area contributed by atoms with Crippen LogP contribution in [0.1, 0.15) is 17.2 Å². The van der Waals surface area contributed by atoms with Crippen molar-refractivity contribution >= 4 is 43.2 Å². The van der Waals surface area contributed by atoms with E-state index in [1.54, 1.807) is 12.1 Å². The average Bonchev–Trinajstić information content (AvgIpc) is 2.67. The van der Waals surface area contributed by atoms with Crippen molar-refractivity contribution in [1.82, 2.24) is 0 Å². The third-order valence-electron chi connectivity index (χ3n) is 2.56. The van der Waals surface area contributed by atoms with E-state index in [1.807, 2.05) is 6.07 Å². The zero-order valence-corrected chi connectivity index (χ0v) is 13.4. The van der Waals surface area contributed by atoms with Crippen LogP contribution in [0.3, 0.4) is 0 Å². The molecule has 1 unspecified atom stereocenters. The monoisotopic (exact) mass is 393 g/mol. The van der Waals surface area contributed by atoms with Gasteiger partial charge in [0.05, 0.1) is 26.3 Å². The molecule has 0 radical (unpaired) electrons. The Labute approximate surface area is 125 Å². The smallest absolute Gasteiger partial charge is 0.132 e. The molecule has 18 heavy (non-hydrogen) atoms. The van der Waals surface area contributed by atoms with Crippen molar-refractivity contribution in [3.05, 3.63) is 48.8 Å². The molecular formula is C12H10Br2FNOS. The second-order valence-electron chi connectivity index (χ2n) is 3.61. The number of ether oxygens (including phenoxy) is 1. The highest BCUT2D eigenvalue weighted by molar-refractivity contribution is 9.12. The lowest BCUT2D eigenvalue weighted by Gasteiger charge is -2.16. The van der Waals surface area contributed by atoms with E-state index in [4.69, 9.17) is 10.5 Å². The van der Waals surface area contributed by atoms with Crippen LogP contribution in [0.2, 0.25) is 0 Å². The maximum Gasteiger partial charge on any atom is 0.132 e. The molecule has 2 nitrogen and oxygen atoms in total. The summed E-state index contributed by atoms with van der Waals surface area (Å²) in [5.41, 5.74) is 7.34. The quantitative estimate of drug-likeness (QED) is 0.833. The van der Waals surface area contributed by atoms with Crippen molar-refractivity contribution in [1.29, 1.82) is 0 Å². The number of thiophene rings is 1. The van der Waals surface area contributed by atoms with Gasteiger partial charge in [-0.1, -0.05) is 6.07 Å². The van der Waals surface area contributed by atoms with Gasteiger partial charge in [0.2, 0.25) is 0 Å². The molecule has 1 heterocycles. The van der Waals surface area contributed by atoms with E-state index in [0.29, 0.717) is 11.3 Å². The molecular weight excluding hydrogens is 385 g/mol. The number of rotatable bonds is 3. The number of methoxy groups -OCH3 is 1. The average molecular weight is 395 g/mol. The third kappa shape index (κ3) is 2.61. The molecule has 0 aliphatic carbocycles. The molecule has 6 heteroatoms. The first-order chi connectivity index (χ1) is 8.54. The minimum absolute atomic E-state index is 0.365. The molecule has 2 rings (SSSR count). The van der Waals surface area contributed by atoms with Crippen LogP contribution in [0.15, 0.2) is 31.8 Å². The number of benzene rings is 1. The van der Waals surface area contributed by atoms with Gasteiger partial charge in [-0.3, -0.25) is 0 Å². The molecule has 0 fully saturated rings. The Balaban J connectivity index is 2.52. The highest BCUT2D eigenvalue weighted by Gasteiger charge is 2.22.